The van der Waals surface area contributed by atoms with Crippen molar-refractivity contribution in [2.45, 2.75) is 6.92 Å². The van der Waals surface area contributed by atoms with Gasteiger partial charge in [-0.2, -0.15) is 0 Å². The molecular formula is C10H10N2OS. The van der Waals surface area contributed by atoms with Crippen LogP contribution in [0.1, 0.15) is 15.9 Å². The maximum atomic E-state index is 11.4. The standard InChI is InChI=1S/C10H10N2OS/c1-6-3-2-4-7-8(10(13)12-11)5-14-9(6)7/h2-5H,11H2,1H3,(H,12,13). The second kappa shape index (κ2) is 3.40. The van der Waals surface area contributed by atoms with Crippen LogP contribution in [0.3, 0.4) is 0 Å². The number of hydrogen-bond donors (Lipinski definition) is 2. The molecule has 1 aromatic heterocycles. The van der Waals surface area contributed by atoms with Crippen molar-refractivity contribution in [2.75, 3.05) is 0 Å². The lowest BCUT2D eigenvalue weighted by Crippen LogP contribution is -2.29. The molecule has 0 unspecified atom stereocenters. The molecule has 0 spiro atoms. The maximum absolute atomic E-state index is 11.4. The minimum atomic E-state index is -0.234. The number of nitrogens with one attached hydrogen (secondary N) is 1. The number of benzene rings is 1. The molecule has 2 rings (SSSR count). The molecule has 1 heterocycles. The molecule has 0 fully saturated rings. The van der Waals surface area contributed by atoms with Crippen LogP contribution < -0.4 is 11.3 Å². The van der Waals surface area contributed by atoms with Gasteiger partial charge in [0.15, 0.2) is 0 Å². The fourth-order valence-electron chi connectivity index (χ4n) is 1.46. The van der Waals surface area contributed by atoms with E-state index in [1.807, 2.05) is 30.5 Å². The first-order valence-electron chi connectivity index (χ1n) is 4.22. The molecule has 0 atom stereocenters. The molecule has 0 aliphatic carbocycles. The summed E-state index contributed by atoms with van der Waals surface area (Å²) in [7, 11) is 0. The van der Waals surface area contributed by atoms with Gasteiger partial charge in [-0.3, -0.25) is 10.2 Å². The highest BCUT2D eigenvalue weighted by Gasteiger charge is 2.11. The maximum Gasteiger partial charge on any atom is 0.266 e. The molecule has 0 saturated heterocycles. The first-order chi connectivity index (χ1) is 6.74. The second-order valence-electron chi connectivity index (χ2n) is 3.07. The van der Waals surface area contributed by atoms with Crippen molar-refractivity contribution in [2.24, 2.45) is 5.84 Å². The predicted molar refractivity (Wildman–Crippen MR) is 58.2 cm³/mol. The lowest BCUT2D eigenvalue weighted by molar-refractivity contribution is 0.0955. The number of carbonyl (C=O) groups is 1. The summed E-state index contributed by atoms with van der Waals surface area (Å²) in [6, 6.07) is 5.91. The fraction of sp³-hybridized carbons (Fsp3) is 0.100. The normalized spacial score (nSPS) is 10.4. The molecule has 1 amide bonds. The van der Waals surface area contributed by atoms with E-state index in [4.69, 9.17) is 5.84 Å². The number of amides is 1. The largest absolute Gasteiger partial charge is 0.290 e. The van der Waals surface area contributed by atoms with Crippen molar-refractivity contribution in [1.82, 2.24) is 5.43 Å². The number of hydrazine groups is 1. The Kier molecular flexibility index (Phi) is 2.23. The third-order valence-electron chi connectivity index (χ3n) is 2.17. The van der Waals surface area contributed by atoms with Crippen molar-refractivity contribution in [3.05, 3.63) is 34.7 Å². The van der Waals surface area contributed by atoms with E-state index in [2.05, 4.69) is 5.43 Å². The summed E-state index contributed by atoms with van der Waals surface area (Å²) in [6.07, 6.45) is 0. The summed E-state index contributed by atoms with van der Waals surface area (Å²) in [6.45, 7) is 2.03. The first kappa shape index (κ1) is 9.18. The van der Waals surface area contributed by atoms with Gasteiger partial charge in [-0.1, -0.05) is 18.2 Å². The van der Waals surface area contributed by atoms with E-state index in [9.17, 15) is 4.79 Å². The van der Waals surface area contributed by atoms with Crippen molar-refractivity contribution < 1.29 is 4.79 Å². The molecule has 2 aromatic rings. The molecule has 0 saturated carbocycles. The zero-order chi connectivity index (χ0) is 10.1. The van der Waals surface area contributed by atoms with E-state index in [0.717, 1.165) is 10.1 Å². The van der Waals surface area contributed by atoms with E-state index < -0.39 is 0 Å². The molecule has 3 nitrogen and oxygen atoms in total. The lowest BCUT2D eigenvalue weighted by atomic mass is 10.1. The number of aryl methyl sites for hydroxylation is 1. The third kappa shape index (κ3) is 1.29. The van der Waals surface area contributed by atoms with E-state index in [-0.39, 0.29) is 5.91 Å². The van der Waals surface area contributed by atoms with E-state index >= 15 is 0 Å². The van der Waals surface area contributed by atoms with Gasteiger partial charge in [0, 0.05) is 15.5 Å². The smallest absolute Gasteiger partial charge is 0.266 e. The van der Waals surface area contributed by atoms with Crippen molar-refractivity contribution in [3.8, 4) is 0 Å². The molecule has 0 radical (unpaired) electrons. The Labute approximate surface area is 85.5 Å². The summed E-state index contributed by atoms with van der Waals surface area (Å²) in [5.41, 5.74) is 3.98. The highest BCUT2D eigenvalue weighted by Crippen LogP contribution is 2.28. The summed E-state index contributed by atoms with van der Waals surface area (Å²) < 4.78 is 1.14. The molecule has 14 heavy (non-hydrogen) atoms. The van der Waals surface area contributed by atoms with Crippen molar-refractivity contribution >= 4 is 27.3 Å². The van der Waals surface area contributed by atoms with Crippen molar-refractivity contribution in [3.63, 3.8) is 0 Å². The van der Waals surface area contributed by atoms with Gasteiger partial charge in [-0.15, -0.1) is 11.3 Å². The van der Waals surface area contributed by atoms with Crippen LogP contribution in [0.15, 0.2) is 23.6 Å². The number of fused-ring (bicyclic) bond motifs is 1. The minimum absolute atomic E-state index is 0.234. The van der Waals surface area contributed by atoms with Crippen LogP contribution >= 0.6 is 11.3 Å². The van der Waals surface area contributed by atoms with Gasteiger partial charge < -0.3 is 0 Å². The van der Waals surface area contributed by atoms with Gasteiger partial charge in [0.25, 0.3) is 5.91 Å². The predicted octanol–water partition coefficient (Wildman–Crippen LogP) is 1.81. The second-order valence-corrected chi connectivity index (χ2v) is 3.95. The highest BCUT2D eigenvalue weighted by molar-refractivity contribution is 7.17. The van der Waals surface area contributed by atoms with Crippen LogP contribution in [0.5, 0.6) is 0 Å². The SMILES string of the molecule is Cc1cccc2c(C(=O)NN)csc12. The topological polar surface area (TPSA) is 55.1 Å². The van der Waals surface area contributed by atoms with Crippen LogP contribution in [0.25, 0.3) is 10.1 Å². The molecular weight excluding hydrogens is 196 g/mol. The number of nitrogens with two attached hydrogens (primary N) is 1. The zero-order valence-electron chi connectivity index (χ0n) is 7.70. The Bertz CT molecular complexity index is 490. The number of nitrogen functional groups attached to an aromatic ring is 1. The molecule has 0 aliphatic rings. The van der Waals surface area contributed by atoms with Crippen LogP contribution in [0.2, 0.25) is 0 Å². The van der Waals surface area contributed by atoms with Gasteiger partial charge in [-0.05, 0) is 12.5 Å². The summed E-state index contributed by atoms with van der Waals surface area (Å²) in [5.74, 6) is 4.86. The first-order valence-corrected chi connectivity index (χ1v) is 5.09. The van der Waals surface area contributed by atoms with Gasteiger partial charge in [0.05, 0.1) is 5.56 Å². The average Bonchev–Trinajstić information content (AvgIpc) is 2.62. The minimum Gasteiger partial charge on any atom is -0.290 e. The lowest BCUT2D eigenvalue weighted by Gasteiger charge is -1.98. The van der Waals surface area contributed by atoms with Crippen LogP contribution in [0, 0.1) is 6.92 Å². The van der Waals surface area contributed by atoms with Crippen LogP contribution in [-0.2, 0) is 0 Å². The molecule has 0 aliphatic heterocycles. The monoisotopic (exact) mass is 206 g/mol. The number of thiophene rings is 1. The van der Waals surface area contributed by atoms with Crippen molar-refractivity contribution in [1.29, 1.82) is 0 Å². The Morgan fingerprint density at radius 3 is 3.00 bits per heavy atom. The average molecular weight is 206 g/mol. The Morgan fingerprint density at radius 1 is 1.50 bits per heavy atom. The van der Waals surface area contributed by atoms with E-state index in [0.29, 0.717) is 5.56 Å². The fourth-order valence-corrected chi connectivity index (χ4v) is 2.48. The highest BCUT2D eigenvalue weighted by atomic mass is 32.1. The van der Waals surface area contributed by atoms with Gasteiger partial charge in [0.1, 0.15) is 0 Å². The summed E-state index contributed by atoms with van der Waals surface area (Å²) >= 11 is 1.57. The Hall–Kier alpha value is -1.39. The van der Waals surface area contributed by atoms with Crippen LogP contribution in [-0.4, -0.2) is 5.91 Å². The quantitative estimate of drug-likeness (QED) is 0.425. The summed E-state index contributed by atoms with van der Waals surface area (Å²) in [5, 5.41) is 2.80. The van der Waals surface area contributed by atoms with Gasteiger partial charge >= 0.3 is 0 Å². The van der Waals surface area contributed by atoms with Gasteiger partial charge in [-0.25, -0.2) is 5.84 Å². The van der Waals surface area contributed by atoms with Gasteiger partial charge in [0.2, 0.25) is 0 Å². The molecule has 0 bridgehead atoms. The van der Waals surface area contributed by atoms with Crippen LogP contribution in [0.4, 0.5) is 0 Å². The molecule has 72 valence electrons. The zero-order valence-corrected chi connectivity index (χ0v) is 8.52. The Balaban J connectivity index is 2.70. The van der Waals surface area contributed by atoms with E-state index in [1.165, 1.54) is 5.56 Å². The number of hydrogen-bond acceptors (Lipinski definition) is 3. The Morgan fingerprint density at radius 2 is 2.29 bits per heavy atom. The molecule has 1 aromatic carbocycles. The third-order valence-corrected chi connectivity index (χ3v) is 3.30. The summed E-state index contributed by atoms with van der Waals surface area (Å²) in [4.78, 5) is 11.4. The number of carbonyl (C=O) groups excluding carboxylic acids is 1. The molecule has 3 N–H and O–H groups in total. The van der Waals surface area contributed by atoms with E-state index in [1.54, 1.807) is 11.3 Å². The number of rotatable bonds is 1. The molecule has 4 heteroatoms.